The topological polar surface area (TPSA) is 64.6 Å². The number of hydroxylamine groups is 1. The molecule has 0 fully saturated rings. The predicted molar refractivity (Wildman–Crippen MR) is 84.1 cm³/mol. The van der Waals surface area contributed by atoms with E-state index in [1.807, 2.05) is 26.8 Å². The van der Waals surface area contributed by atoms with E-state index in [9.17, 15) is 9.59 Å². The van der Waals surface area contributed by atoms with Crippen LogP contribution in [0.4, 0.5) is 0 Å². The van der Waals surface area contributed by atoms with Gasteiger partial charge in [0.25, 0.3) is 5.91 Å². The maximum Gasteiger partial charge on any atom is 0.267 e. The molecule has 0 saturated carbocycles. The lowest BCUT2D eigenvalue weighted by molar-refractivity contribution is -0.265. The van der Waals surface area contributed by atoms with Crippen LogP contribution in [0.25, 0.3) is 0 Å². The molecule has 1 unspecified atom stereocenters. The Morgan fingerprint density at radius 1 is 1.45 bits per heavy atom. The molecule has 0 aliphatic rings. The highest BCUT2D eigenvalue weighted by Crippen LogP contribution is 2.28. The summed E-state index contributed by atoms with van der Waals surface area (Å²) >= 11 is 0. The number of hydrogen-bond donors (Lipinski definition) is 1. The van der Waals surface area contributed by atoms with Gasteiger partial charge >= 0.3 is 0 Å². The van der Waals surface area contributed by atoms with Crippen LogP contribution >= 0.6 is 0 Å². The number of carbonyl (C=O) groups excluding carboxylic acids is 2. The van der Waals surface area contributed by atoms with Gasteiger partial charge in [0.15, 0.2) is 0 Å². The van der Waals surface area contributed by atoms with E-state index in [0.29, 0.717) is 23.7 Å². The van der Waals surface area contributed by atoms with Crippen molar-refractivity contribution in [3.63, 3.8) is 0 Å². The van der Waals surface area contributed by atoms with Crippen molar-refractivity contribution >= 4 is 12.2 Å². The Balaban J connectivity index is 3.06. The molecule has 0 radical (unpaired) electrons. The highest BCUT2D eigenvalue weighted by molar-refractivity contribution is 5.85. The summed E-state index contributed by atoms with van der Waals surface area (Å²) in [4.78, 5) is 27.7. The summed E-state index contributed by atoms with van der Waals surface area (Å²) in [6.07, 6.45) is 1.91. The first-order chi connectivity index (χ1) is 10.3. The third-order valence-corrected chi connectivity index (χ3v) is 3.15. The fourth-order valence-corrected chi connectivity index (χ4v) is 1.78. The van der Waals surface area contributed by atoms with Crippen LogP contribution in [0.3, 0.4) is 0 Å². The lowest BCUT2D eigenvalue weighted by Gasteiger charge is -2.30. The second-order valence-electron chi connectivity index (χ2n) is 5.61. The molecule has 1 atom stereocenters. The summed E-state index contributed by atoms with van der Waals surface area (Å²) in [5.74, 6) is -1.32. The average Bonchev–Trinajstić information content (AvgIpc) is 2.50. The zero-order valence-corrected chi connectivity index (χ0v) is 13.5. The van der Waals surface area contributed by atoms with Crippen molar-refractivity contribution in [3.05, 3.63) is 47.5 Å². The smallest absolute Gasteiger partial charge is 0.267 e. The Hall–Kier alpha value is -1.98. The van der Waals surface area contributed by atoms with Crippen molar-refractivity contribution in [1.29, 1.82) is 0 Å². The Morgan fingerprint density at radius 2 is 2.14 bits per heavy atom. The third-order valence-electron chi connectivity index (χ3n) is 3.15. The van der Waals surface area contributed by atoms with E-state index in [4.69, 9.17) is 9.57 Å². The molecule has 0 saturated heterocycles. The quantitative estimate of drug-likeness (QED) is 0.347. The highest BCUT2D eigenvalue weighted by atomic mass is 16.8. The van der Waals surface area contributed by atoms with Gasteiger partial charge in [0.1, 0.15) is 6.29 Å². The number of benzene rings is 1. The molecule has 0 aliphatic heterocycles. The molecular weight excluding hydrogens is 282 g/mol. The molecule has 0 heterocycles. The molecule has 0 bridgehead atoms. The SMILES string of the molecule is C=CC(=O)NOC(C)(OCC(C)C)c1ccc(C=O)c(C)c1. The van der Waals surface area contributed by atoms with Crippen LogP contribution in [-0.4, -0.2) is 18.8 Å². The number of aldehydes is 1. The van der Waals surface area contributed by atoms with Gasteiger partial charge in [-0.05, 0) is 37.5 Å². The van der Waals surface area contributed by atoms with Crippen LogP contribution in [0.5, 0.6) is 0 Å². The van der Waals surface area contributed by atoms with Gasteiger partial charge in [0.2, 0.25) is 5.79 Å². The lowest BCUT2D eigenvalue weighted by atomic mass is 10.0. The molecule has 1 aromatic carbocycles. The maximum absolute atomic E-state index is 11.3. The summed E-state index contributed by atoms with van der Waals surface area (Å²) in [5, 5.41) is 0. The van der Waals surface area contributed by atoms with E-state index in [0.717, 1.165) is 17.9 Å². The zero-order valence-electron chi connectivity index (χ0n) is 13.5. The van der Waals surface area contributed by atoms with Gasteiger partial charge in [0.05, 0.1) is 6.61 Å². The monoisotopic (exact) mass is 305 g/mol. The van der Waals surface area contributed by atoms with Gasteiger partial charge in [-0.3, -0.25) is 9.59 Å². The molecule has 0 spiro atoms. The van der Waals surface area contributed by atoms with Crippen molar-refractivity contribution < 1.29 is 19.2 Å². The first-order valence-electron chi connectivity index (χ1n) is 7.13. The van der Waals surface area contributed by atoms with Gasteiger partial charge < -0.3 is 4.74 Å². The van der Waals surface area contributed by atoms with Crippen molar-refractivity contribution in [2.75, 3.05) is 6.61 Å². The molecule has 1 N–H and O–H groups in total. The van der Waals surface area contributed by atoms with Crippen LogP contribution in [0.2, 0.25) is 0 Å². The van der Waals surface area contributed by atoms with E-state index in [1.54, 1.807) is 19.1 Å². The Kier molecular flexibility index (Phi) is 6.46. The van der Waals surface area contributed by atoms with Gasteiger partial charge in [-0.2, -0.15) is 0 Å². The van der Waals surface area contributed by atoms with Gasteiger partial charge in [0, 0.05) is 11.1 Å². The highest BCUT2D eigenvalue weighted by Gasteiger charge is 2.31. The Labute approximate surface area is 131 Å². The van der Waals surface area contributed by atoms with Crippen LogP contribution in [0.1, 0.15) is 42.3 Å². The summed E-state index contributed by atoms with van der Waals surface area (Å²) in [7, 11) is 0. The minimum Gasteiger partial charge on any atom is -0.344 e. The van der Waals surface area contributed by atoms with Gasteiger partial charge in [-0.1, -0.05) is 32.6 Å². The standard InChI is InChI=1S/C17H23NO4/c1-6-16(20)18-22-17(5,21-11-12(2)3)15-8-7-14(10-19)13(4)9-15/h6-10,12H,1,11H2,2-5H3,(H,18,20). The van der Waals surface area contributed by atoms with Crippen molar-refractivity contribution in [2.24, 2.45) is 5.92 Å². The minimum atomic E-state index is -1.16. The second kappa shape index (κ2) is 7.87. The number of rotatable bonds is 8. The van der Waals surface area contributed by atoms with Crippen LogP contribution in [-0.2, 0) is 20.2 Å². The van der Waals surface area contributed by atoms with Gasteiger partial charge in [-0.15, -0.1) is 0 Å². The molecule has 0 aliphatic carbocycles. The molecule has 5 heteroatoms. The molecule has 0 aromatic heterocycles. The molecule has 120 valence electrons. The molecule has 1 aromatic rings. The number of amides is 1. The predicted octanol–water partition coefficient (Wildman–Crippen LogP) is 2.89. The molecule has 1 rings (SSSR count). The fourth-order valence-electron chi connectivity index (χ4n) is 1.78. The van der Waals surface area contributed by atoms with Crippen LogP contribution in [0.15, 0.2) is 30.9 Å². The Bertz CT molecular complexity index is 554. The third kappa shape index (κ3) is 4.79. The first kappa shape index (κ1) is 18.1. The van der Waals surface area contributed by atoms with Crippen LogP contribution in [0, 0.1) is 12.8 Å². The van der Waals surface area contributed by atoms with Crippen molar-refractivity contribution in [3.8, 4) is 0 Å². The molecular formula is C17H23NO4. The molecule has 5 nitrogen and oxygen atoms in total. The number of carbonyl (C=O) groups is 2. The first-order valence-corrected chi connectivity index (χ1v) is 7.13. The summed E-state index contributed by atoms with van der Waals surface area (Å²) in [5.41, 5.74) is 4.41. The van der Waals surface area contributed by atoms with E-state index >= 15 is 0 Å². The van der Waals surface area contributed by atoms with Crippen molar-refractivity contribution in [2.45, 2.75) is 33.5 Å². The number of ether oxygens (including phenoxy) is 1. The van der Waals surface area contributed by atoms with E-state index in [2.05, 4.69) is 12.1 Å². The van der Waals surface area contributed by atoms with E-state index < -0.39 is 11.7 Å². The normalized spacial score (nSPS) is 13.5. The number of aryl methyl sites for hydroxylation is 1. The number of hydrogen-bond acceptors (Lipinski definition) is 4. The summed E-state index contributed by atoms with van der Waals surface area (Å²) in [6.45, 7) is 11.4. The summed E-state index contributed by atoms with van der Waals surface area (Å²) < 4.78 is 5.84. The van der Waals surface area contributed by atoms with Crippen LogP contribution < -0.4 is 5.48 Å². The van der Waals surface area contributed by atoms with Gasteiger partial charge in [-0.25, -0.2) is 10.3 Å². The fraction of sp³-hybridized carbons (Fsp3) is 0.412. The minimum absolute atomic E-state index is 0.299. The average molecular weight is 305 g/mol. The van der Waals surface area contributed by atoms with E-state index in [-0.39, 0.29) is 0 Å². The molecule has 22 heavy (non-hydrogen) atoms. The summed E-state index contributed by atoms with van der Waals surface area (Å²) in [6, 6.07) is 5.26. The largest absolute Gasteiger partial charge is 0.344 e. The zero-order chi connectivity index (χ0) is 16.8. The second-order valence-corrected chi connectivity index (χ2v) is 5.61. The van der Waals surface area contributed by atoms with Crippen molar-refractivity contribution in [1.82, 2.24) is 5.48 Å². The van der Waals surface area contributed by atoms with E-state index in [1.165, 1.54) is 0 Å². The lowest BCUT2D eigenvalue weighted by Crippen LogP contribution is -2.38. The number of nitrogens with one attached hydrogen (secondary N) is 1. The molecule has 1 amide bonds. The maximum atomic E-state index is 11.3. The Morgan fingerprint density at radius 3 is 2.64 bits per heavy atom.